The molecule has 0 saturated carbocycles. The summed E-state index contributed by atoms with van der Waals surface area (Å²) in [6.07, 6.45) is 2.82. The van der Waals surface area contributed by atoms with E-state index >= 15 is 0 Å². The molecular weight excluding hydrogens is 166 g/mol. The lowest BCUT2D eigenvalue weighted by atomic mass is 10.1. The van der Waals surface area contributed by atoms with E-state index in [1.807, 2.05) is 0 Å². The van der Waals surface area contributed by atoms with Crippen LogP contribution in [0.4, 0.5) is 0 Å². The van der Waals surface area contributed by atoms with Crippen LogP contribution >= 0.6 is 0 Å². The summed E-state index contributed by atoms with van der Waals surface area (Å²) in [7, 11) is 0. The highest BCUT2D eigenvalue weighted by atomic mass is 16.4. The number of hydrogen-bond acceptors (Lipinski definition) is 2. The number of nitrogens with one attached hydrogen (secondary N) is 1. The second-order valence-corrected chi connectivity index (χ2v) is 3.64. The molecule has 2 N–H and O–H groups in total. The molecule has 3 heteroatoms. The van der Waals surface area contributed by atoms with Crippen molar-refractivity contribution in [2.24, 2.45) is 5.92 Å². The van der Waals surface area contributed by atoms with Crippen molar-refractivity contribution in [3.05, 3.63) is 0 Å². The van der Waals surface area contributed by atoms with Crippen molar-refractivity contribution in [1.29, 1.82) is 0 Å². The lowest BCUT2D eigenvalue weighted by molar-refractivity contribution is -0.141. The predicted octanol–water partition coefficient (Wildman–Crippen LogP) is 1.88. The van der Waals surface area contributed by atoms with Gasteiger partial charge in [-0.2, -0.15) is 0 Å². The smallest absolute Gasteiger partial charge is 0.306 e. The first-order valence-corrected chi connectivity index (χ1v) is 5.04. The molecule has 0 heterocycles. The molecule has 0 aliphatic rings. The Morgan fingerprint density at radius 3 is 2.54 bits per heavy atom. The Balaban J connectivity index is 3.30. The fourth-order valence-electron chi connectivity index (χ4n) is 1.02. The van der Waals surface area contributed by atoms with Gasteiger partial charge in [-0.15, -0.1) is 0 Å². The maximum absolute atomic E-state index is 10.5. The van der Waals surface area contributed by atoms with Gasteiger partial charge in [0.25, 0.3) is 0 Å². The van der Waals surface area contributed by atoms with E-state index in [1.54, 1.807) is 6.92 Å². The average molecular weight is 187 g/mol. The van der Waals surface area contributed by atoms with Crippen LogP contribution in [0.2, 0.25) is 0 Å². The molecule has 0 spiro atoms. The summed E-state index contributed by atoms with van der Waals surface area (Å²) in [4.78, 5) is 10.5. The standard InChI is InChI=1S/C10H21NO2/c1-4-9(3)11-7-5-6-8(2)10(12)13/h8-9,11H,4-7H2,1-3H3,(H,12,13). The molecule has 2 unspecified atom stereocenters. The highest BCUT2D eigenvalue weighted by Gasteiger charge is 2.09. The summed E-state index contributed by atoms with van der Waals surface area (Å²) in [5, 5.41) is 11.9. The number of carboxylic acid groups (broad SMARTS) is 1. The van der Waals surface area contributed by atoms with E-state index in [-0.39, 0.29) is 5.92 Å². The molecule has 0 bridgehead atoms. The van der Waals surface area contributed by atoms with E-state index in [1.165, 1.54) is 0 Å². The van der Waals surface area contributed by atoms with Crippen molar-refractivity contribution < 1.29 is 9.90 Å². The minimum atomic E-state index is -0.691. The van der Waals surface area contributed by atoms with Gasteiger partial charge in [-0.25, -0.2) is 0 Å². The summed E-state index contributed by atoms with van der Waals surface area (Å²) in [5.41, 5.74) is 0. The maximum atomic E-state index is 10.5. The average Bonchev–Trinajstić information content (AvgIpc) is 2.11. The summed E-state index contributed by atoms with van der Waals surface area (Å²) >= 11 is 0. The van der Waals surface area contributed by atoms with Gasteiger partial charge in [0.2, 0.25) is 0 Å². The molecule has 3 nitrogen and oxygen atoms in total. The van der Waals surface area contributed by atoms with Gasteiger partial charge in [0.1, 0.15) is 0 Å². The van der Waals surface area contributed by atoms with Gasteiger partial charge in [-0.3, -0.25) is 4.79 Å². The topological polar surface area (TPSA) is 49.3 Å². The molecule has 13 heavy (non-hydrogen) atoms. The van der Waals surface area contributed by atoms with E-state index in [0.29, 0.717) is 6.04 Å². The predicted molar refractivity (Wildman–Crippen MR) is 53.8 cm³/mol. The van der Waals surface area contributed by atoms with E-state index in [4.69, 9.17) is 5.11 Å². The fourth-order valence-corrected chi connectivity index (χ4v) is 1.02. The highest BCUT2D eigenvalue weighted by Crippen LogP contribution is 2.04. The summed E-state index contributed by atoms with van der Waals surface area (Å²) in [5.74, 6) is -0.901. The summed E-state index contributed by atoms with van der Waals surface area (Å²) in [6.45, 7) is 6.95. The number of aliphatic carboxylic acids is 1. The second kappa shape index (κ2) is 6.89. The monoisotopic (exact) mass is 187 g/mol. The molecule has 0 aromatic heterocycles. The Labute approximate surface area is 80.5 Å². The van der Waals surface area contributed by atoms with Crippen molar-refractivity contribution in [2.45, 2.75) is 46.1 Å². The van der Waals surface area contributed by atoms with Crippen LogP contribution in [0.1, 0.15) is 40.0 Å². The number of hydrogen-bond donors (Lipinski definition) is 2. The molecule has 2 atom stereocenters. The Bertz CT molecular complexity index is 148. The van der Waals surface area contributed by atoms with Crippen molar-refractivity contribution in [2.75, 3.05) is 6.54 Å². The van der Waals surface area contributed by atoms with Gasteiger partial charge >= 0.3 is 5.97 Å². The fraction of sp³-hybridized carbons (Fsp3) is 0.900. The molecular formula is C10H21NO2. The first-order valence-electron chi connectivity index (χ1n) is 5.04. The van der Waals surface area contributed by atoms with Gasteiger partial charge in [0.05, 0.1) is 5.92 Å². The third-order valence-electron chi connectivity index (χ3n) is 2.34. The Hall–Kier alpha value is -0.570. The van der Waals surface area contributed by atoms with Crippen LogP contribution in [0.3, 0.4) is 0 Å². The zero-order valence-corrected chi connectivity index (χ0v) is 8.84. The first kappa shape index (κ1) is 12.4. The maximum Gasteiger partial charge on any atom is 0.306 e. The molecule has 0 fully saturated rings. The van der Waals surface area contributed by atoms with Crippen molar-refractivity contribution >= 4 is 5.97 Å². The molecule has 0 aromatic rings. The highest BCUT2D eigenvalue weighted by molar-refractivity contribution is 5.69. The Morgan fingerprint density at radius 2 is 2.08 bits per heavy atom. The van der Waals surface area contributed by atoms with Crippen LogP contribution in [-0.2, 0) is 4.79 Å². The van der Waals surface area contributed by atoms with E-state index in [0.717, 1.165) is 25.8 Å². The van der Waals surface area contributed by atoms with Gasteiger partial charge in [0.15, 0.2) is 0 Å². The number of carboxylic acids is 1. The second-order valence-electron chi connectivity index (χ2n) is 3.64. The van der Waals surface area contributed by atoms with Crippen LogP contribution in [0.25, 0.3) is 0 Å². The van der Waals surface area contributed by atoms with Crippen LogP contribution in [0.15, 0.2) is 0 Å². The molecule has 0 aliphatic carbocycles. The van der Waals surface area contributed by atoms with Crippen LogP contribution in [0, 0.1) is 5.92 Å². The lowest BCUT2D eigenvalue weighted by Crippen LogP contribution is -2.26. The third kappa shape index (κ3) is 6.58. The molecule has 78 valence electrons. The van der Waals surface area contributed by atoms with E-state index < -0.39 is 5.97 Å². The lowest BCUT2D eigenvalue weighted by Gasteiger charge is -2.11. The van der Waals surface area contributed by atoms with Crippen LogP contribution in [0.5, 0.6) is 0 Å². The normalized spacial score (nSPS) is 15.3. The number of rotatable bonds is 7. The summed E-state index contributed by atoms with van der Waals surface area (Å²) < 4.78 is 0. The first-order chi connectivity index (χ1) is 6.07. The zero-order valence-electron chi connectivity index (χ0n) is 8.84. The largest absolute Gasteiger partial charge is 0.481 e. The van der Waals surface area contributed by atoms with Crippen LogP contribution in [-0.4, -0.2) is 23.7 Å². The Morgan fingerprint density at radius 1 is 1.46 bits per heavy atom. The van der Waals surface area contributed by atoms with Crippen molar-refractivity contribution in [3.8, 4) is 0 Å². The quantitative estimate of drug-likeness (QED) is 0.598. The van der Waals surface area contributed by atoms with Gasteiger partial charge in [-0.05, 0) is 32.7 Å². The number of carbonyl (C=O) groups is 1. The van der Waals surface area contributed by atoms with Crippen LogP contribution < -0.4 is 5.32 Å². The van der Waals surface area contributed by atoms with E-state index in [2.05, 4.69) is 19.2 Å². The molecule has 0 amide bonds. The SMILES string of the molecule is CCC(C)NCCCC(C)C(=O)O. The van der Waals surface area contributed by atoms with Gasteiger partial charge in [0, 0.05) is 6.04 Å². The minimum Gasteiger partial charge on any atom is -0.481 e. The summed E-state index contributed by atoms with van der Waals surface area (Å²) in [6, 6.07) is 0.542. The molecule has 0 rings (SSSR count). The molecule has 0 aliphatic heterocycles. The van der Waals surface area contributed by atoms with E-state index in [9.17, 15) is 4.79 Å². The molecule has 0 saturated heterocycles. The minimum absolute atomic E-state index is 0.210. The molecule has 0 radical (unpaired) electrons. The molecule has 0 aromatic carbocycles. The zero-order chi connectivity index (χ0) is 10.3. The van der Waals surface area contributed by atoms with Crippen molar-refractivity contribution in [3.63, 3.8) is 0 Å². The Kier molecular flexibility index (Phi) is 6.59. The van der Waals surface area contributed by atoms with Gasteiger partial charge in [-0.1, -0.05) is 13.8 Å². The third-order valence-corrected chi connectivity index (χ3v) is 2.34. The van der Waals surface area contributed by atoms with Crippen molar-refractivity contribution in [1.82, 2.24) is 5.32 Å². The van der Waals surface area contributed by atoms with Gasteiger partial charge < -0.3 is 10.4 Å².